The van der Waals surface area contributed by atoms with Crippen LogP contribution in [0.2, 0.25) is 0 Å². The van der Waals surface area contributed by atoms with E-state index in [4.69, 9.17) is 28.8 Å². The normalized spacial score (nSPS) is 11.9. The molecule has 0 spiro atoms. The minimum absolute atomic E-state index is 0.0416. The molecule has 0 heterocycles. The first-order valence-corrected chi connectivity index (χ1v) is 11.8. The van der Waals surface area contributed by atoms with E-state index in [0.717, 1.165) is 11.1 Å². The third-order valence-electron chi connectivity index (χ3n) is 4.84. The number of rotatable bonds is 12. The van der Waals surface area contributed by atoms with Crippen molar-refractivity contribution < 1.29 is 43.2 Å². The summed E-state index contributed by atoms with van der Waals surface area (Å²) in [5.74, 6) is 1.03. The fraction of sp³-hybridized carbons (Fsp3) is 0.370. The molecule has 0 radical (unpaired) electrons. The van der Waals surface area contributed by atoms with Crippen molar-refractivity contribution in [2.24, 2.45) is 0 Å². The summed E-state index contributed by atoms with van der Waals surface area (Å²) in [6, 6.07) is 11.2. The molecule has 11 nitrogen and oxygen atoms in total. The van der Waals surface area contributed by atoms with E-state index in [1.54, 1.807) is 65.3 Å². The number of ether oxygens (including phenoxy) is 5. The molecule has 0 saturated carbocycles. The van der Waals surface area contributed by atoms with Gasteiger partial charge in [-0.25, -0.2) is 9.59 Å². The number of hydrogen-bond acceptors (Lipinski definition) is 8. The van der Waals surface area contributed by atoms with Crippen LogP contribution >= 0.6 is 0 Å². The molecule has 0 aliphatic rings. The van der Waals surface area contributed by atoms with Crippen molar-refractivity contribution in [3.8, 4) is 17.2 Å². The summed E-state index contributed by atoms with van der Waals surface area (Å²) < 4.78 is 26.1. The number of carbonyl (C=O) groups is 3. The van der Waals surface area contributed by atoms with Crippen molar-refractivity contribution in [2.75, 3.05) is 34.0 Å². The van der Waals surface area contributed by atoms with Crippen LogP contribution in [0.5, 0.6) is 17.2 Å². The lowest BCUT2D eigenvalue weighted by Gasteiger charge is -2.24. The maximum absolute atomic E-state index is 12.3. The molecule has 11 heteroatoms. The van der Waals surface area contributed by atoms with Gasteiger partial charge in [0, 0.05) is 6.07 Å². The summed E-state index contributed by atoms with van der Waals surface area (Å²) in [5, 5.41) is 13.5. The molecule has 2 rings (SSSR count). The highest BCUT2D eigenvalue weighted by molar-refractivity contribution is 5.85. The third kappa shape index (κ3) is 11.2. The lowest BCUT2D eigenvalue weighted by molar-refractivity contribution is -0.126. The van der Waals surface area contributed by atoms with Crippen LogP contribution in [0.4, 0.5) is 9.59 Å². The van der Waals surface area contributed by atoms with Crippen LogP contribution in [0.25, 0.3) is 12.2 Å². The largest absolute Gasteiger partial charge is 0.513 e. The van der Waals surface area contributed by atoms with Crippen LogP contribution in [0, 0.1) is 0 Å². The molecule has 1 unspecified atom stereocenters. The van der Waals surface area contributed by atoms with E-state index in [9.17, 15) is 14.4 Å². The van der Waals surface area contributed by atoms with Gasteiger partial charge >= 0.3 is 12.2 Å². The van der Waals surface area contributed by atoms with Crippen molar-refractivity contribution in [3.05, 3.63) is 53.6 Å². The third-order valence-corrected chi connectivity index (χ3v) is 4.84. The number of nitrogens with one attached hydrogen (secondary N) is 2. The predicted octanol–water partition coefficient (Wildman–Crippen LogP) is 3.96. The second-order valence-corrected chi connectivity index (χ2v) is 8.97. The Morgan fingerprint density at radius 3 is 2.08 bits per heavy atom. The minimum atomic E-state index is -1.36. The van der Waals surface area contributed by atoms with Crippen molar-refractivity contribution in [2.45, 2.75) is 32.4 Å². The SMILES string of the molecule is COc1cc(C=Cc2ccc(OC(=O)OCCNC(=O)C(COC(C)(C)C)NC(=O)O)cc2)cc(OC)c1. The van der Waals surface area contributed by atoms with Gasteiger partial charge in [-0.1, -0.05) is 24.3 Å². The summed E-state index contributed by atoms with van der Waals surface area (Å²) in [7, 11) is 3.17. The molecule has 38 heavy (non-hydrogen) atoms. The second kappa shape index (κ2) is 14.5. The van der Waals surface area contributed by atoms with Gasteiger partial charge in [0.25, 0.3) is 0 Å². The Hall–Kier alpha value is -4.25. The van der Waals surface area contributed by atoms with E-state index in [2.05, 4.69) is 10.6 Å². The standard InChI is InChI=1S/C27H34N2O9/c1-27(2,3)37-17-23(29-25(31)32)24(30)28-12-13-36-26(33)38-20-10-8-18(9-11-20)6-7-19-14-21(34-4)16-22(15-19)35-5/h6-11,14-16,23,29H,12-13,17H2,1-5H3,(H,28,30)(H,31,32). The smallest absolute Gasteiger partial charge is 0.497 e. The minimum Gasteiger partial charge on any atom is -0.497 e. The van der Waals surface area contributed by atoms with E-state index >= 15 is 0 Å². The van der Waals surface area contributed by atoms with Crippen LogP contribution in [-0.2, 0) is 14.3 Å². The monoisotopic (exact) mass is 530 g/mol. The van der Waals surface area contributed by atoms with Gasteiger partial charge in [-0.05, 0) is 56.2 Å². The summed E-state index contributed by atoms with van der Waals surface area (Å²) >= 11 is 0. The molecule has 2 amide bonds. The van der Waals surface area contributed by atoms with Crippen LogP contribution in [-0.4, -0.2) is 68.9 Å². The van der Waals surface area contributed by atoms with Gasteiger partial charge in [0.1, 0.15) is 29.9 Å². The lowest BCUT2D eigenvalue weighted by atomic mass is 10.1. The molecule has 2 aromatic carbocycles. The van der Waals surface area contributed by atoms with E-state index in [-0.39, 0.29) is 25.5 Å². The maximum atomic E-state index is 12.3. The van der Waals surface area contributed by atoms with E-state index in [0.29, 0.717) is 11.5 Å². The summed E-state index contributed by atoms with van der Waals surface area (Å²) in [5.41, 5.74) is 1.21. The molecule has 1 atom stereocenters. The van der Waals surface area contributed by atoms with Gasteiger partial charge < -0.3 is 39.4 Å². The summed E-state index contributed by atoms with van der Waals surface area (Å²) in [6.45, 7) is 4.99. The van der Waals surface area contributed by atoms with Gasteiger partial charge in [-0.3, -0.25) is 4.79 Å². The average Bonchev–Trinajstić information content (AvgIpc) is 2.87. The Morgan fingerprint density at radius 1 is 0.921 bits per heavy atom. The van der Waals surface area contributed by atoms with Gasteiger partial charge in [0.05, 0.1) is 33.0 Å². The van der Waals surface area contributed by atoms with Crippen molar-refractivity contribution in [1.82, 2.24) is 10.6 Å². The van der Waals surface area contributed by atoms with Crippen molar-refractivity contribution in [3.63, 3.8) is 0 Å². The quantitative estimate of drug-likeness (QED) is 0.161. The number of benzene rings is 2. The van der Waals surface area contributed by atoms with Crippen LogP contribution < -0.4 is 24.8 Å². The van der Waals surface area contributed by atoms with Crippen LogP contribution in [0.15, 0.2) is 42.5 Å². The maximum Gasteiger partial charge on any atom is 0.513 e. The number of hydrogen-bond donors (Lipinski definition) is 3. The van der Waals surface area contributed by atoms with E-state index in [1.165, 1.54) is 0 Å². The zero-order chi connectivity index (χ0) is 28.1. The number of methoxy groups -OCH3 is 2. The summed E-state index contributed by atoms with van der Waals surface area (Å²) in [4.78, 5) is 35.2. The van der Waals surface area contributed by atoms with E-state index in [1.807, 2.05) is 24.3 Å². The molecule has 206 valence electrons. The molecule has 0 fully saturated rings. The van der Waals surface area contributed by atoms with Crippen LogP contribution in [0.1, 0.15) is 31.9 Å². The lowest BCUT2D eigenvalue weighted by Crippen LogP contribution is -2.50. The predicted molar refractivity (Wildman–Crippen MR) is 141 cm³/mol. The molecule has 2 aromatic rings. The molecule has 0 bridgehead atoms. The second-order valence-electron chi connectivity index (χ2n) is 8.97. The Morgan fingerprint density at radius 2 is 1.53 bits per heavy atom. The number of amides is 2. The topological polar surface area (TPSA) is 142 Å². The Balaban J connectivity index is 1.80. The van der Waals surface area contributed by atoms with Gasteiger partial charge in [0.2, 0.25) is 5.91 Å². The fourth-order valence-electron chi connectivity index (χ4n) is 2.99. The molecular formula is C27H34N2O9. The van der Waals surface area contributed by atoms with Gasteiger partial charge in [-0.2, -0.15) is 0 Å². The molecule has 0 aliphatic carbocycles. The van der Waals surface area contributed by atoms with Crippen molar-refractivity contribution in [1.29, 1.82) is 0 Å². The first-order valence-electron chi connectivity index (χ1n) is 11.8. The molecule has 0 saturated heterocycles. The van der Waals surface area contributed by atoms with E-state index < -0.39 is 29.8 Å². The first-order chi connectivity index (χ1) is 18.0. The zero-order valence-corrected chi connectivity index (χ0v) is 22.1. The molecular weight excluding hydrogens is 496 g/mol. The Kier molecular flexibility index (Phi) is 11.4. The van der Waals surface area contributed by atoms with Crippen LogP contribution in [0.3, 0.4) is 0 Å². The van der Waals surface area contributed by atoms with Crippen molar-refractivity contribution >= 4 is 30.3 Å². The van der Waals surface area contributed by atoms with Gasteiger partial charge in [0.15, 0.2) is 0 Å². The first kappa shape index (κ1) is 30.0. The Bertz CT molecular complexity index is 1090. The highest BCUT2D eigenvalue weighted by atomic mass is 16.7. The highest BCUT2D eigenvalue weighted by Gasteiger charge is 2.23. The van der Waals surface area contributed by atoms with Gasteiger partial charge in [-0.15, -0.1) is 0 Å². The summed E-state index contributed by atoms with van der Waals surface area (Å²) in [6.07, 6.45) is 1.49. The highest BCUT2D eigenvalue weighted by Crippen LogP contribution is 2.24. The fourth-order valence-corrected chi connectivity index (χ4v) is 2.99. The molecule has 0 aliphatic heterocycles. The molecule has 0 aromatic heterocycles. The zero-order valence-electron chi connectivity index (χ0n) is 22.1. The Labute approximate surface area is 221 Å². The number of carbonyl (C=O) groups excluding carboxylic acids is 2. The molecule has 3 N–H and O–H groups in total. The number of carboxylic acid groups (broad SMARTS) is 1. The average molecular weight is 531 g/mol.